The Morgan fingerprint density at radius 1 is 0.243 bits per heavy atom. The maximum atomic E-state index is 2.50. The second-order valence-electron chi connectivity index (χ2n) is 18.1. The smallest absolute Gasteiger partial charge is 0.0535 e. The second-order valence-corrected chi connectivity index (χ2v) is 21.1. The first kappa shape index (κ1) is 41.5. The quantitative estimate of drug-likeness (QED) is 0.136. The van der Waals surface area contributed by atoms with Crippen molar-refractivity contribution < 1.29 is 0 Å². The van der Waals surface area contributed by atoms with Crippen molar-refractivity contribution in [2.45, 2.75) is 19.6 Å². The van der Waals surface area contributed by atoms with Crippen LogP contribution in [0.15, 0.2) is 305 Å². The van der Waals surface area contributed by atoms with E-state index in [2.05, 4.69) is 290 Å². The highest BCUT2D eigenvalue weighted by Gasteiger charge is 2.42. The molecule has 1 aromatic heterocycles. The van der Waals surface area contributed by atoms with Gasteiger partial charge < -0.3 is 4.57 Å². The van der Waals surface area contributed by atoms with E-state index in [9.17, 15) is 0 Å². The Morgan fingerprint density at radius 2 is 0.614 bits per heavy atom. The number of hydrogen-bond acceptors (Lipinski definition) is 0. The van der Waals surface area contributed by atoms with Crippen LogP contribution in [0.3, 0.4) is 0 Å². The van der Waals surface area contributed by atoms with Gasteiger partial charge in [-0.1, -0.05) is 224 Å². The number of rotatable bonds is 9. The van der Waals surface area contributed by atoms with E-state index < -0.39 is 10.0 Å². The first-order valence-electron chi connectivity index (χ1n) is 24.0. The lowest BCUT2D eigenvalue weighted by atomic mass is 9.96. The SMILES string of the molecule is c1ccc(-c2ccc(-c3ccc(-c4ccc5c(c4)c(-c4ccc(-c6ccc(-c7ccccc7)cc6)cc4)cn5-c4ccc5c(c4)S(c4ccccc4)(c4ccccc4)c4ccccc4-5)cc3)cc2)cc1. The highest BCUT2D eigenvalue weighted by atomic mass is 32.3. The van der Waals surface area contributed by atoms with Gasteiger partial charge in [0.2, 0.25) is 0 Å². The Bertz CT molecular complexity index is 3760. The molecule has 0 bridgehead atoms. The molecule has 0 saturated heterocycles. The Labute approximate surface area is 411 Å². The van der Waals surface area contributed by atoms with E-state index in [1.165, 1.54) is 108 Å². The fraction of sp³-hybridized carbons (Fsp3) is 0. The van der Waals surface area contributed by atoms with Gasteiger partial charge in [-0.15, -0.1) is 10.0 Å². The number of fused-ring (bicyclic) bond motifs is 4. The van der Waals surface area contributed by atoms with Crippen LogP contribution in [0.1, 0.15) is 0 Å². The molecule has 1 nitrogen and oxygen atoms in total. The van der Waals surface area contributed by atoms with Crippen LogP contribution in [-0.4, -0.2) is 4.57 Å². The number of aromatic nitrogens is 1. The summed E-state index contributed by atoms with van der Waals surface area (Å²) in [7, 11) is -1.81. The van der Waals surface area contributed by atoms with Crippen LogP contribution in [-0.2, 0) is 0 Å². The molecule has 2 heterocycles. The highest BCUT2D eigenvalue weighted by Crippen LogP contribution is 2.80. The summed E-state index contributed by atoms with van der Waals surface area (Å²) in [4.78, 5) is 5.46. The third-order valence-corrected chi connectivity index (χ3v) is 18.1. The Kier molecular flexibility index (Phi) is 10.3. The lowest BCUT2D eigenvalue weighted by molar-refractivity contribution is 1.11. The van der Waals surface area contributed by atoms with Crippen molar-refractivity contribution in [1.29, 1.82) is 0 Å². The summed E-state index contributed by atoms with van der Waals surface area (Å²) in [5, 5.41) is 1.21. The third kappa shape index (κ3) is 7.12. The highest BCUT2D eigenvalue weighted by molar-refractivity contribution is 8.34. The molecule has 0 spiro atoms. The van der Waals surface area contributed by atoms with E-state index in [0.717, 1.165) is 5.69 Å². The molecule has 0 unspecified atom stereocenters. The normalized spacial score (nSPS) is 12.9. The average Bonchev–Trinajstić information content (AvgIpc) is 3.98. The van der Waals surface area contributed by atoms with Crippen molar-refractivity contribution in [3.05, 3.63) is 285 Å². The Hall–Kier alpha value is -8.69. The molecule has 13 rings (SSSR count). The molecule has 12 aromatic rings. The molecule has 330 valence electrons. The van der Waals surface area contributed by atoms with Crippen molar-refractivity contribution in [2.75, 3.05) is 0 Å². The van der Waals surface area contributed by atoms with E-state index in [1.807, 2.05) is 0 Å². The predicted octanol–water partition coefficient (Wildman–Crippen LogP) is 19.0. The van der Waals surface area contributed by atoms with Crippen LogP contribution < -0.4 is 0 Å². The zero-order valence-corrected chi connectivity index (χ0v) is 39.3. The first-order chi connectivity index (χ1) is 34.7. The lowest BCUT2D eigenvalue weighted by Gasteiger charge is -2.39. The molecule has 0 N–H and O–H groups in total. The molecule has 70 heavy (non-hydrogen) atoms. The molecule has 1 aliphatic rings. The van der Waals surface area contributed by atoms with E-state index in [4.69, 9.17) is 0 Å². The molecule has 2 heteroatoms. The lowest BCUT2D eigenvalue weighted by Crippen LogP contribution is -2.02. The minimum atomic E-state index is -1.81. The molecule has 1 aliphatic heterocycles. The van der Waals surface area contributed by atoms with E-state index >= 15 is 0 Å². The maximum absolute atomic E-state index is 2.50. The molecule has 0 fully saturated rings. The van der Waals surface area contributed by atoms with E-state index in [-0.39, 0.29) is 0 Å². The molecule has 0 saturated carbocycles. The van der Waals surface area contributed by atoms with Gasteiger partial charge in [-0.2, -0.15) is 0 Å². The largest absolute Gasteiger partial charge is 0.316 e. The van der Waals surface area contributed by atoms with Crippen molar-refractivity contribution in [3.8, 4) is 83.6 Å². The van der Waals surface area contributed by atoms with Gasteiger partial charge in [0.1, 0.15) is 0 Å². The Morgan fingerprint density at radius 3 is 1.10 bits per heavy atom. The summed E-state index contributed by atoms with van der Waals surface area (Å²) in [6.07, 6.45) is 2.37. The van der Waals surface area contributed by atoms with Crippen molar-refractivity contribution >= 4 is 20.9 Å². The minimum Gasteiger partial charge on any atom is -0.316 e. The monoisotopic (exact) mass is 909 g/mol. The second kappa shape index (κ2) is 17.4. The molecular formula is C68H47NS. The number of hydrogen-bond donors (Lipinski definition) is 0. The van der Waals surface area contributed by atoms with E-state index in [0.29, 0.717) is 0 Å². The molecule has 11 aromatic carbocycles. The van der Waals surface area contributed by atoms with Crippen LogP contribution in [0, 0.1) is 0 Å². The third-order valence-electron chi connectivity index (χ3n) is 14.1. The summed E-state index contributed by atoms with van der Waals surface area (Å²) in [5.74, 6) is 0. The summed E-state index contributed by atoms with van der Waals surface area (Å²) in [6.45, 7) is 0. The van der Waals surface area contributed by atoms with Crippen LogP contribution in [0.5, 0.6) is 0 Å². The van der Waals surface area contributed by atoms with Gasteiger partial charge >= 0.3 is 0 Å². The van der Waals surface area contributed by atoms with Gasteiger partial charge in [-0.25, -0.2) is 0 Å². The molecule has 0 amide bonds. The minimum absolute atomic E-state index is 1.15. The van der Waals surface area contributed by atoms with E-state index in [1.54, 1.807) is 0 Å². The first-order valence-corrected chi connectivity index (χ1v) is 25.7. The summed E-state index contributed by atoms with van der Waals surface area (Å²) < 4.78 is 2.43. The summed E-state index contributed by atoms with van der Waals surface area (Å²) >= 11 is 0. The van der Waals surface area contributed by atoms with Gasteiger partial charge in [0, 0.05) is 42.4 Å². The summed E-state index contributed by atoms with van der Waals surface area (Å²) in [6, 6.07) is 103. The molecule has 0 aliphatic carbocycles. The zero-order chi connectivity index (χ0) is 46.4. The van der Waals surface area contributed by atoms with Crippen molar-refractivity contribution in [2.24, 2.45) is 0 Å². The summed E-state index contributed by atoms with van der Waals surface area (Å²) in [5.41, 5.74) is 19.4. The van der Waals surface area contributed by atoms with Crippen molar-refractivity contribution in [3.63, 3.8) is 0 Å². The fourth-order valence-corrected chi connectivity index (χ4v) is 14.9. The van der Waals surface area contributed by atoms with Gasteiger partial charge in [-0.05, 0) is 127 Å². The number of benzene rings is 11. The average molecular weight is 910 g/mol. The van der Waals surface area contributed by atoms with Gasteiger partial charge in [0.05, 0.1) is 5.52 Å². The van der Waals surface area contributed by atoms with Gasteiger partial charge in [0.25, 0.3) is 0 Å². The van der Waals surface area contributed by atoms with Gasteiger partial charge in [0.15, 0.2) is 0 Å². The Balaban J connectivity index is 0.927. The molecule has 0 radical (unpaired) electrons. The topological polar surface area (TPSA) is 4.93 Å². The fourth-order valence-electron chi connectivity index (χ4n) is 10.6. The standard InChI is InChI=1S/C68H47NS/c1-5-15-48(16-6-1)50-25-29-52(30-26-50)54-33-35-56(36-34-54)58-41-44-66-64(45-58)65(57-39-37-55(38-40-57)53-31-27-51(28-32-53)49-17-7-2-8-18-49)47-69(66)59-42-43-63-62-23-13-14-24-67(62)70(68(63)46-59,60-19-9-3-10-20-60)61-21-11-4-12-22-61/h1-47H. The zero-order valence-electron chi connectivity index (χ0n) is 38.5. The van der Waals surface area contributed by atoms with Crippen LogP contribution in [0.4, 0.5) is 0 Å². The molecule has 0 atom stereocenters. The van der Waals surface area contributed by atoms with Crippen LogP contribution >= 0.6 is 10.0 Å². The van der Waals surface area contributed by atoms with Crippen molar-refractivity contribution in [1.82, 2.24) is 4.57 Å². The van der Waals surface area contributed by atoms with Gasteiger partial charge in [-0.3, -0.25) is 0 Å². The molecular weight excluding hydrogens is 863 g/mol. The van der Waals surface area contributed by atoms with Crippen LogP contribution in [0.2, 0.25) is 0 Å². The predicted molar refractivity (Wildman–Crippen MR) is 295 cm³/mol. The van der Waals surface area contributed by atoms with Crippen LogP contribution in [0.25, 0.3) is 94.5 Å². The number of nitrogens with zero attached hydrogens (tertiary/aromatic N) is 1. The maximum Gasteiger partial charge on any atom is 0.0535 e.